The minimum atomic E-state index is 0.291. The van der Waals surface area contributed by atoms with E-state index < -0.39 is 0 Å². The Morgan fingerprint density at radius 3 is 2.40 bits per heavy atom. The van der Waals surface area contributed by atoms with Crippen LogP contribution in [0.5, 0.6) is 5.75 Å². The van der Waals surface area contributed by atoms with Crippen LogP contribution in [-0.4, -0.2) is 19.2 Å². The summed E-state index contributed by atoms with van der Waals surface area (Å²) in [5, 5.41) is 3.47. The fraction of sp³-hybridized carbons (Fsp3) is 0.667. The van der Waals surface area contributed by atoms with Crippen LogP contribution >= 0.6 is 0 Å². The minimum Gasteiger partial charge on any atom is -0.489 e. The first-order valence-corrected chi connectivity index (χ1v) is 7.90. The monoisotopic (exact) mass is 275 g/mol. The van der Waals surface area contributed by atoms with E-state index in [1.807, 2.05) is 0 Å². The van der Waals surface area contributed by atoms with Crippen molar-refractivity contribution in [2.24, 2.45) is 5.41 Å². The molecule has 1 aromatic rings. The van der Waals surface area contributed by atoms with Crippen molar-refractivity contribution in [1.29, 1.82) is 0 Å². The summed E-state index contributed by atoms with van der Waals surface area (Å²) in [5.41, 5.74) is 4.18. The second-order valence-corrected chi connectivity index (χ2v) is 6.33. The molecule has 1 aromatic carbocycles. The molecular formula is C18H29NO. The van der Waals surface area contributed by atoms with Gasteiger partial charge in [0.25, 0.3) is 0 Å². The Morgan fingerprint density at radius 2 is 1.85 bits per heavy atom. The van der Waals surface area contributed by atoms with Gasteiger partial charge in [-0.05, 0) is 63.4 Å². The molecule has 1 fully saturated rings. The van der Waals surface area contributed by atoms with Crippen LogP contribution < -0.4 is 10.1 Å². The van der Waals surface area contributed by atoms with Crippen LogP contribution in [0.4, 0.5) is 0 Å². The lowest BCUT2D eigenvalue weighted by atomic mass is 9.58. The molecule has 112 valence electrons. The molecule has 2 unspecified atom stereocenters. The Kier molecular flexibility index (Phi) is 4.43. The van der Waals surface area contributed by atoms with E-state index in [2.05, 4.69) is 59.1 Å². The third-order valence-electron chi connectivity index (χ3n) is 5.48. The predicted octanol–water partition coefficient (Wildman–Crippen LogP) is 4.16. The average molecular weight is 275 g/mol. The molecule has 0 amide bonds. The Bertz CT molecular complexity index is 477. The number of hydrogen-bond donors (Lipinski definition) is 1. The molecule has 1 N–H and O–H groups in total. The van der Waals surface area contributed by atoms with Crippen molar-refractivity contribution < 1.29 is 4.74 Å². The van der Waals surface area contributed by atoms with Gasteiger partial charge in [0.2, 0.25) is 0 Å². The van der Waals surface area contributed by atoms with Gasteiger partial charge in [-0.2, -0.15) is 0 Å². The zero-order chi connectivity index (χ0) is 14.9. The SMILES string of the molecule is CCC1(CC)C(NC)CC1Oc1cc(C)cc(C)c1C. The van der Waals surface area contributed by atoms with Crippen molar-refractivity contribution in [3.05, 3.63) is 28.8 Å². The van der Waals surface area contributed by atoms with E-state index in [0.717, 1.165) is 12.2 Å². The lowest BCUT2D eigenvalue weighted by molar-refractivity contribution is -0.0838. The number of nitrogens with one attached hydrogen (secondary N) is 1. The van der Waals surface area contributed by atoms with Crippen LogP contribution in [0.15, 0.2) is 12.1 Å². The quantitative estimate of drug-likeness (QED) is 0.871. The molecule has 1 aliphatic carbocycles. The Balaban J connectivity index is 2.23. The van der Waals surface area contributed by atoms with Crippen molar-refractivity contribution in [1.82, 2.24) is 5.32 Å². The topological polar surface area (TPSA) is 21.3 Å². The Hall–Kier alpha value is -1.02. The summed E-state index contributed by atoms with van der Waals surface area (Å²) in [6.07, 6.45) is 3.80. The zero-order valence-electron chi connectivity index (χ0n) is 13.8. The molecule has 1 aliphatic rings. The van der Waals surface area contributed by atoms with Crippen LogP contribution in [0.3, 0.4) is 0 Å². The molecule has 0 aromatic heterocycles. The number of hydrogen-bond acceptors (Lipinski definition) is 2. The Labute approximate surface area is 123 Å². The molecular weight excluding hydrogens is 246 g/mol. The largest absolute Gasteiger partial charge is 0.489 e. The third kappa shape index (κ3) is 2.35. The highest BCUT2D eigenvalue weighted by Gasteiger charge is 2.53. The number of rotatable bonds is 5. The smallest absolute Gasteiger partial charge is 0.123 e. The summed E-state index contributed by atoms with van der Waals surface area (Å²) in [5.74, 6) is 1.08. The fourth-order valence-corrected chi connectivity index (χ4v) is 3.79. The van der Waals surface area contributed by atoms with Gasteiger partial charge in [0.05, 0.1) is 0 Å². The second-order valence-electron chi connectivity index (χ2n) is 6.33. The highest BCUT2D eigenvalue weighted by atomic mass is 16.5. The van der Waals surface area contributed by atoms with Crippen LogP contribution in [0.25, 0.3) is 0 Å². The molecule has 0 heterocycles. The van der Waals surface area contributed by atoms with Gasteiger partial charge < -0.3 is 10.1 Å². The number of ether oxygens (including phenoxy) is 1. The molecule has 0 bridgehead atoms. The van der Waals surface area contributed by atoms with E-state index in [1.165, 1.54) is 29.5 Å². The van der Waals surface area contributed by atoms with Gasteiger partial charge in [-0.3, -0.25) is 0 Å². The van der Waals surface area contributed by atoms with Gasteiger partial charge in [0.1, 0.15) is 11.9 Å². The highest BCUT2D eigenvalue weighted by Crippen LogP contribution is 2.49. The molecule has 2 atom stereocenters. The molecule has 2 heteroatoms. The minimum absolute atomic E-state index is 0.291. The van der Waals surface area contributed by atoms with E-state index in [4.69, 9.17) is 4.74 Å². The van der Waals surface area contributed by atoms with Crippen molar-refractivity contribution >= 4 is 0 Å². The predicted molar refractivity (Wildman–Crippen MR) is 85.5 cm³/mol. The van der Waals surface area contributed by atoms with Gasteiger partial charge >= 0.3 is 0 Å². The first-order chi connectivity index (χ1) is 9.48. The highest BCUT2D eigenvalue weighted by molar-refractivity contribution is 5.42. The molecule has 0 saturated heterocycles. The Morgan fingerprint density at radius 1 is 1.20 bits per heavy atom. The van der Waals surface area contributed by atoms with Crippen molar-refractivity contribution in [2.45, 2.75) is 66.0 Å². The van der Waals surface area contributed by atoms with Crippen LogP contribution in [0.1, 0.15) is 49.8 Å². The average Bonchev–Trinajstić information content (AvgIpc) is 2.41. The fourth-order valence-electron chi connectivity index (χ4n) is 3.79. The number of aryl methyl sites for hydroxylation is 2. The van der Waals surface area contributed by atoms with Crippen molar-refractivity contribution in [3.63, 3.8) is 0 Å². The first kappa shape index (κ1) is 15.4. The van der Waals surface area contributed by atoms with Gasteiger partial charge in [-0.1, -0.05) is 19.9 Å². The standard InChI is InChI=1S/C18H29NO/c1-7-18(8-2)16(19-6)11-17(18)20-15-10-12(3)9-13(4)14(15)5/h9-10,16-17,19H,7-8,11H2,1-6H3. The van der Waals surface area contributed by atoms with Crippen molar-refractivity contribution in [2.75, 3.05) is 7.05 Å². The summed E-state index contributed by atoms with van der Waals surface area (Å²) in [7, 11) is 2.07. The maximum Gasteiger partial charge on any atom is 0.123 e. The van der Waals surface area contributed by atoms with Crippen LogP contribution in [-0.2, 0) is 0 Å². The lowest BCUT2D eigenvalue weighted by Gasteiger charge is -2.55. The first-order valence-electron chi connectivity index (χ1n) is 7.90. The molecule has 2 nitrogen and oxygen atoms in total. The van der Waals surface area contributed by atoms with Crippen LogP contribution in [0, 0.1) is 26.2 Å². The van der Waals surface area contributed by atoms with Crippen molar-refractivity contribution in [3.8, 4) is 5.75 Å². The summed E-state index contributed by atoms with van der Waals surface area (Å²) in [6, 6.07) is 5.01. The molecule has 1 saturated carbocycles. The summed E-state index contributed by atoms with van der Waals surface area (Å²) in [4.78, 5) is 0. The summed E-state index contributed by atoms with van der Waals surface area (Å²) in [6.45, 7) is 11.1. The van der Waals surface area contributed by atoms with E-state index in [9.17, 15) is 0 Å². The van der Waals surface area contributed by atoms with Gasteiger partial charge in [-0.15, -0.1) is 0 Å². The zero-order valence-corrected chi connectivity index (χ0v) is 13.8. The summed E-state index contributed by atoms with van der Waals surface area (Å²) < 4.78 is 6.43. The summed E-state index contributed by atoms with van der Waals surface area (Å²) >= 11 is 0. The molecule has 0 spiro atoms. The van der Waals surface area contributed by atoms with Gasteiger partial charge in [-0.25, -0.2) is 0 Å². The molecule has 0 radical (unpaired) electrons. The molecule has 2 rings (SSSR count). The maximum absolute atomic E-state index is 6.43. The molecule has 0 aliphatic heterocycles. The van der Waals surface area contributed by atoms with E-state index >= 15 is 0 Å². The maximum atomic E-state index is 6.43. The lowest BCUT2D eigenvalue weighted by Crippen LogP contribution is -2.63. The van der Waals surface area contributed by atoms with Crippen LogP contribution in [0.2, 0.25) is 0 Å². The molecule has 20 heavy (non-hydrogen) atoms. The normalized spacial score (nSPS) is 24.3. The van der Waals surface area contributed by atoms with E-state index in [-0.39, 0.29) is 0 Å². The van der Waals surface area contributed by atoms with E-state index in [1.54, 1.807) is 0 Å². The van der Waals surface area contributed by atoms with Gasteiger partial charge in [0, 0.05) is 17.9 Å². The van der Waals surface area contributed by atoms with E-state index in [0.29, 0.717) is 17.6 Å². The second kappa shape index (κ2) is 5.77. The van der Waals surface area contributed by atoms with Gasteiger partial charge in [0.15, 0.2) is 0 Å². The third-order valence-corrected chi connectivity index (χ3v) is 5.48. The number of benzene rings is 1.